The number of benzene rings is 2. The van der Waals surface area contributed by atoms with Gasteiger partial charge in [-0.05, 0) is 55.1 Å². The van der Waals surface area contributed by atoms with Crippen LogP contribution in [0.4, 0.5) is 5.82 Å². The smallest absolute Gasteiger partial charge is 0.256 e. The van der Waals surface area contributed by atoms with Crippen LogP contribution in [-0.4, -0.2) is 62.3 Å². The molecular formula is C34H43N5O5Si. The molecule has 2 aromatic heterocycles. The molecule has 238 valence electrons. The maximum absolute atomic E-state index is 12.9. The fraction of sp³-hybridized carbons (Fsp3) is 0.471. The zero-order valence-corrected chi connectivity index (χ0v) is 27.9. The number of imidazole rings is 1. The minimum Gasteiger partial charge on any atom is -0.408 e. The van der Waals surface area contributed by atoms with Gasteiger partial charge in [-0.2, -0.15) is 0 Å². The average Bonchev–Trinajstić information content (AvgIpc) is 3.56. The van der Waals surface area contributed by atoms with Crippen LogP contribution in [0.3, 0.4) is 0 Å². The molecule has 4 atom stereocenters. The first-order chi connectivity index (χ1) is 21.4. The van der Waals surface area contributed by atoms with Gasteiger partial charge in [-0.3, -0.25) is 9.36 Å². The van der Waals surface area contributed by atoms with E-state index < -0.39 is 38.0 Å². The van der Waals surface area contributed by atoms with Gasteiger partial charge in [0.05, 0.1) is 18.5 Å². The molecule has 0 bridgehead atoms. The van der Waals surface area contributed by atoms with E-state index in [-0.39, 0.29) is 16.8 Å². The fourth-order valence-corrected chi connectivity index (χ4v) is 7.89. The molecule has 2 N–H and O–H groups in total. The van der Waals surface area contributed by atoms with Crippen LogP contribution in [0.2, 0.25) is 18.1 Å². The first-order valence-corrected chi connectivity index (χ1v) is 18.6. The zero-order chi connectivity index (χ0) is 32.0. The Morgan fingerprint density at radius 1 is 1.07 bits per heavy atom. The summed E-state index contributed by atoms with van der Waals surface area (Å²) >= 11 is 0. The highest BCUT2D eigenvalue weighted by Gasteiger charge is 2.72. The number of carbonyl (C=O) groups excluding carboxylic acids is 1. The van der Waals surface area contributed by atoms with Crippen LogP contribution in [0.1, 0.15) is 69.1 Å². The summed E-state index contributed by atoms with van der Waals surface area (Å²) in [5.41, 5.74) is 0.819. The normalized spacial score (nSPS) is 24.6. The molecular weight excluding hydrogens is 586 g/mol. The summed E-state index contributed by atoms with van der Waals surface area (Å²) in [7, 11) is -2.23. The van der Waals surface area contributed by atoms with E-state index in [2.05, 4.69) is 61.1 Å². The Labute approximate surface area is 265 Å². The lowest BCUT2D eigenvalue weighted by atomic mass is 9.84. The lowest BCUT2D eigenvalue weighted by Crippen LogP contribution is -2.60. The average molecular weight is 630 g/mol. The molecule has 3 heterocycles. The summed E-state index contributed by atoms with van der Waals surface area (Å²) in [6.45, 7) is 13.6. The van der Waals surface area contributed by atoms with E-state index in [4.69, 9.17) is 13.9 Å². The second kappa shape index (κ2) is 11.7. The Morgan fingerprint density at radius 3 is 2.36 bits per heavy atom. The number of hydrogen-bond donors (Lipinski definition) is 2. The van der Waals surface area contributed by atoms with Gasteiger partial charge in [0, 0.05) is 5.56 Å². The number of anilines is 1. The summed E-state index contributed by atoms with van der Waals surface area (Å²) < 4.78 is 22.6. The molecule has 1 saturated heterocycles. The van der Waals surface area contributed by atoms with Gasteiger partial charge in [-0.25, -0.2) is 15.0 Å². The largest absolute Gasteiger partial charge is 0.408 e. The van der Waals surface area contributed by atoms with E-state index in [0.29, 0.717) is 29.8 Å². The van der Waals surface area contributed by atoms with E-state index in [0.717, 1.165) is 18.4 Å². The van der Waals surface area contributed by atoms with Crippen LogP contribution in [0.5, 0.6) is 0 Å². The SMILES string of the molecule is CC[C@]1(C2(O[Si](C)(C)C(C)(C)C)CC2)O[C@@H](n2cnc3c(NC(=O)c4ccccc4)ncnc32)[C@@H](O)C1OCc1ccccc1. The molecule has 2 aliphatic rings. The highest BCUT2D eigenvalue weighted by molar-refractivity contribution is 6.74. The van der Waals surface area contributed by atoms with Crippen molar-refractivity contribution in [2.24, 2.45) is 0 Å². The maximum atomic E-state index is 12.9. The number of aliphatic hydroxyl groups excluding tert-OH is 1. The van der Waals surface area contributed by atoms with Crippen LogP contribution in [0, 0.1) is 0 Å². The zero-order valence-electron chi connectivity index (χ0n) is 26.9. The Morgan fingerprint density at radius 2 is 1.73 bits per heavy atom. The Kier molecular flexibility index (Phi) is 8.19. The summed E-state index contributed by atoms with van der Waals surface area (Å²) in [6.07, 6.45) is 2.58. The Hall–Kier alpha value is -3.48. The third-order valence-corrected chi connectivity index (χ3v) is 14.3. The molecule has 1 aliphatic carbocycles. The van der Waals surface area contributed by atoms with Crippen LogP contribution >= 0.6 is 0 Å². The molecule has 10 nitrogen and oxygen atoms in total. The molecule has 2 fully saturated rings. The van der Waals surface area contributed by atoms with Crippen molar-refractivity contribution in [2.45, 2.75) is 101 Å². The van der Waals surface area contributed by atoms with Crippen LogP contribution in [0.15, 0.2) is 73.3 Å². The van der Waals surface area contributed by atoms with Gasteiger partial charge in [0.1, 0.15) is 24.1 Å². The molecule has 1 amide bonds. The van der Waals surface area contributed by atoms with Gasteiger partial charge in [0.15, 0.2) is 31.5 Å². The summed E-state index contributed by atoms with van der Waals surface area (Å²) in [4.78, 5) is 26.3. The molecule has 4 aromatic rings. The minimum atomic E-state index is -2.23. The van der Waals surface area contributed by atoms with Crippen molar-refractivity contribution in [3.63, 3.8) is 0 Å². The van der Waals surface area contributed by atoms with Crippen molar-refractivity contribution in [2.75, 3.05) is 5.32 Å². The lowest BCUT2D eigenvalue weighted by Gasteiger charge is -2.47. The van der Waals surface area contributed by atoms with Crippen molar-refractivity contribution in [1.82, 2.24) is 19.5 Å². The number of aliphatic hydroxyl groups is 1. The Bertz CT molecular complexity index is 1650. The van der Waals surface area contributed by atoms with Crippen molar-refractivity contribution in [3.8, 4) is 0 Å². The minimum absolute atomic E-state index is 0.00735. The van der Waals surface area contributed by atoms with Gasteiger partial charge in [0.25, 0.3) is 5.91 Å². The highest BCUT2D eigenvalue weighted by Crippen LogP contribution is 2.61. The van der Waals surface area contributed by atoms with Gasteiger partial charge in [-0.15, -0.1) is 0 Å². The molecule has 1 saturated carbocycles. The second-order valence-corrected chi connectivity index (χ2v) is 18.4. The standard InChI is InChI=1S/C34H43N5O5Si/c1-7-34(33(18-19-33)44-45(5,6)32(2,3)4)27(42-20-23-14-10-8-11-15-23)26(40)31(43-34)39-22-37-25-28(35-21-36-29(25)39)38-30(41)24-16-12-9-13-17-24/h8-17,21-22,26-27,31,40H,7,18-20H2,1-6H3,(H,35,36,38,41)/t26-,27?,31+,34-/m0/s1. The van der Waals surface area contributed by atoms with Crippen molar-refractivity contribution < 1.29 is 23.8 Å². The summed E-state index contributed by atoms with van der Waals surface area (Å²) in [5, 5.41) is 14.9. The first-order valence-electron chi connectivity index (χ1n) is 15.7. The maximum Gasteiger partial charge on any atom is 0.256 e. The number of ether oxygens (including phenoxy) is 2. The van der Waals surface area contributed by atoms with Gasteiger partial charge < -0.3 is 24.3 Å². The molecule has 11 heteroatoms. The van der Waals surface area contributed by atoms with Gasteiger partial charge in [0.2, 0.25) is 0 Å². The predicted molar refractivity (Wildman–Crippen MR) is 174 cm³/mol. The number of carbonyl (C=O) groups is 1. The van der Waals surface area contributed by atoms with Gasteiger partial charge in [-0.1, -0.05) is 76.2 Å². The molecule has 45 heavy (non-hydrogen) atoms. The van der Waals surface area contributed by atoms with Crippen molar-refractivity contribution in [1.29, 1.82) is 0 Å². The quantitative estimate of drug-likeness (QED) is 0.197. The molecule has 0 spiro atoms. The summed E-state index contributed by atoms with van der Waals surface area (Å²) in [6, 6.07) is 18.9. The topological polar surface area (TPSA) is 121 Å². The van der Waals surface area contributed by atoms with Crippen molar-refractivity contribution in [3.05, 3.63) is 84.4 Å². The number of amides is 1. The van der Waals surface area contributed by atoms with E-state index in [1.165, 1.54) is 6.33 Å². The fourth-order valence-electron chi connectivity index (χ4n) is 6.23. The van der Waals surface area contributed by atoms with E-state index in [1.54, 1.807) is 35.2 Å². The van der Waals surface area contributed by atoms with E-state index >= 15 is 0 Å². The number of aromatic nitrogens is 4. The predicted octanol–water partition coefficient (Wildman–Crippen LogP) is 6.26. The molecule has 1 aliphatic heterocycles. The van der Waals surface area contributed by atoms with Gasteiger partial charge >= 0.3 is 0 Å². The number of nitrogens with one attached hydrogen (secondary N) is 1. The number of hydrogen-bond acceptors (Lipinski definition) is 8. The molecule has 6 rings (SSSR count). The van der Waals surface area contributed by atoms with E-state index in [1.807, 2.05) is 36.4 Å². The number of rotatable bonds is 10. The Balaban J connectivity index is 1.37. The van der Waals surface area contributed by atoms with Crippen molar-refractivity contribution >= 4 is 31.2 Å². The first kappa shape index (κ1) is 31.5. The van der Waals surface area contributed by atoms with E-state index in [9.17, 15) is 9.90 Å². The monoisotopic (exact) mass is 629 g/mol. The van der Waals surface area contributed by atoms with Crippen LogP contribution in [-0.2, 0) is 20.5 Å². The van der Waals surface area contributed by atoms with Crippen LogP contribution < -0.4 is 5.32 Å². The highest BCUT2D eigenvalue weighted by atomic mass is 28.4. The number of fused-ring (bicyclic) bond motifs is 1. The molecule has 2 aromatic carbocycles. The summed E-state index contributed by atoms with van der Waals surface area (Å²) in [5.74, 6) is -0.0289. The molecule has 0 radical (unpaired) electrons. The number of nitrogens with zero attached hydrogens (tertiary/aromatic N) is 4. The third-order valence-electron chi connectivity index (χ3n) is 9.82. The molecule has 1 unspecified atom stereocenters. The van der Waals surface area contributed by atoms with Crippen LogP contribution in [0.25, 0.3) is 11.2 Å². The second-order valence-electron chi connectivity index (χ2n) is 13.7. The third kappa shape index (κ3) is 5.61. The lowest BCUT2D eigenvalue weighted by molar-refractivity contribution is -0.184.